The van der Waals surface area contributed by atoms with E-state index < -0.39 is 5.97 Å². The molecule has 0 saturated carbocycles. The molecular weight excluding hydrogens is 406 g/mol. The maximum atomic E-state index is 12.1. The van der Waals surface area contributed by atoms with Crippen LogP contribution in [0.5, 0.6) is 0 Å². The van der Waals surface area contributed by atoms with Gasteiger partial charge in [0.25, 0.3) is 5.71 Å². The molecular formula is C21H24ClN5O3. The molecule has 1 aromatic carbocycles. The van der Waals surface area contributed by atoms with Crippen molar-refractivity contribution in [3.63, 3.8) is 0 Å². The van der Waals surface area contributed by atoms with Crippen molar-refractivity contribution in [2.24, 2.45) is 5.92 Å². The minimum atomic E-state index is -0.540. The quantitative estimate of drug-likeness (QED) is 0.567. The topological polar surface area (TPSA) is 93.4 Å². The number of anilines is 1. The Morgan fingerprint density at radius 1 is 1.30 bits per heavy atom. The number of hydrogen-bond donors (Lipinski definition) is 1. The highest BCUT2D eigenvalue weighted by Gasteiger charge is 2.24. The molecule has 1 saturated heterocycles. The summed E-state index contributed by atoms with van der Waals surface area (Å²) in [5.74, 6) is 0.508. The number of nitrogens with zero attached hydrogens (tertiary/aromatic N) is 4. The van der Waals surface area contributed by atoms with Gasteiger partial charge < -0.3 is 14.6 Å². The third-order valence-electron chi connectivity index (χ3n) is 5.36. The summed E-state index contributed by atoms with van der Waals surface area (Å²) in [6.45, 7) is 5.65. The average Bonchev–Trinajstić information content (AvgIpc) is 3.20. The lowest BCUT2D eigenvalue weighted by atomic mass is 9.96. The van der Waals surface area contributed by atoms with E-state index >= 15 is 0 Å². The lowest BCUT2D eigenvalue weighted by Gasteiger charge is -2.32. The third-order valence-corrected chi connectivity index (χ3v) is 5.73. The van der Waals surface area contributed by atoms with Crippen LogP contribution in [0.4, 0.5) is 5.82 Å². The third kappa shape index (κ3) is 4.55. The Morgan fingerprint density at radius 2 is 2.10 bits per heavy atom. The van der Waals surface area contributed by atoms with Gasteiger partial charge in [-0.1, -0.05) is 35.0 Å². The van der Waals surface area contributed by atoms with Gasteiger partial charge >= 0.3 is 5.97 Å². The van der Waals surface area contributed by atoms with Crippen LogP contribution in [0.1, 0.15) is 35.8 Å². The maximum absolute atomic E-state index is 12.1. The van der Waals surface area contributed by atoms with Crippen molar-refractivity contribution in [3.8, 4) is 0 Å². The second kappa shape index (κ2) is 9.40. The van der Waals surface area contributed by atoms with Crippen LogP contribution >= 0.6 is 11.6 Å². The van der Waals surface area contributed by atoms with E-state index in [1.54, 1.807) is 6.92 Å². The summed E-state index contributed by atoms with van der Waals surface area (Å²) in [6, 6.07) is 7.99. The Labute approximate surface area is 179 Å². The molecule has 158 valence electrons. The summed E-state index contributed by atoms with van der Waals surface area (Å²) in [7, 11) is 0. The predicted octanol–water partition coefficient (Wildman–Crippen LogP) is 3.77. The average molecular weight is 430 g/mol. The highest BCUT2D eigenvalue weighted by molar-refractivity contribution is 6.31. The van der Waals surface area contributed by atoms with Gasteiger partial charge in [0.2, 0.25) is 5.69 Å². The molecule has 0 unspecified atom stereocenters. The number of esters is 1. The monoisotopic (exact) mass is 429 g/mol. The predicted molar refractivity (Wildman–Crippen MR) is 113 cm³/mol. The van der Waals surface area contributed by atoms with E-state index in [0.29, 0.717) is 17.1 Å². The van der Waals surface area contributed by atoms with E-state index in [9.17, 15) is 4.79 Å². The van der Waals surface area contributed by atoms with Crippen molar-refractivity contribution in [3.05, 3.63) is 46.9 Å². The molecule has 0 aliphatic carbocycles. The number of likely N-dealkylation sites (tertiary alicyclic amines) is 1. The van der Waals surface area contributed by atoms with Crippen molar-refractivity contribution in [2.75, 3.05) is 31.6 Å². The lowest BCUT2D eigenvalue weighted by molar-refractivity contribution is 0.0517. The molecule has 0 spiro atoms. The molecule has 4 rings (SSSR count). The minimum Gasteiger partial charge on any atom is -0.461 e. The number of rotatable bonds is 7. The van der Waals surface area contributed by atoms with Crippen LogP contribution in [0.3, 0.4) is 0 Å². The molecule has 9 heteroatoms. The maximum Gasteiger partial charge on any atom is 0.361 e. The summed E-state index contributed by atoms with van der Waals surface area (Å²) in [6.07, 6.45) is 3.54. The fourth-order valence-corrected chi connectivity index (χ4v) is 3.91. The molecule has 1 N–H and O–H groups in total. The molecule has 0 bridgehead atoms. The van der Waals surface area contributed by atoms with Gasteiger partial charge in [-0.05, 0) is 50.4 Å². The Morgan fingerprint density at radius 3 is 2.87 bits per heavy atom. The van der Waals surface area contributed by atoms with Crippen LogP contribution in [0.2, 0.25) is 5.02 Å². The number of hydrogen-bond acceptors (Lipinski definition) is 8. The molecule has 1 fully saturated rings. The van der Waals surface area contributed by atoms with Gasteiger partial charge in [0, 0.05) is 18.1 Å². The van der Waals surface area contributed by atoms with Crippen LogP contribution in [0.25, 0.3) is 11.1 Å². The highest BCUT2D eigenvalue weighted by atomic mass is 35.5. The van der Waals surface area contributed by atoms with Crippen LogP contribution in [-0.2, 0) is 11.3 Å². The van der Waals surface area contributed by atoms with Crippen molar-refractivity contribution in [2.45, 2.75) is 26.3 Å². The van der Waals surface area contributed by atoms with E-state index in [4.69, 9.17) is 20.9 Å². The number of carbonyl (C=O) groups excluding carboxylic acids is 1. The van der Waals surface area contributed by atoms with Gasteiger partial charge in [-0.25, -0.2) is 9.78 Å². The first-order valence-electron chi connectivity index (χ1n) is 10.1. The molecule has 3 aromatic rings. The van der Waals surface area contributed by atoms with Crippen molar-refractivity contribution in [1.29, 1.82) is 0 Å². The summed E-state index contributed by atoms with van der Waals surface area (Å²) in [4.78, 5) is 22.9. The van der Waals surface area contributed by atoms with E-state index in [2.05, 4.69) is 31.4 Å². The largest absolute Gasteiger partial charge is 0.461 e. The second-order valence-corrected chi connectivity index (χ2v) is 7.75. The zero-order valence-electron chi connectivity index (χ0n) is 16.8. The fourth-order valence-electron chi connectivity index (χ4n) is 3.72. The van der Waals surface area contributed by atoms with Crippen molar-refractivity contribution in [1.82, 2.24) is 20.0 Å². The molecule has 2 aromatic heterocycles. The first-order chi connectivity index (χ1) is 14.7. The Kier molecular flexibility index (Phi) is 6.44. The standard InChI is InChI=1S/C21H24ClN5O3/c1-2-29-21(28)18-17-19(24-13-25-20(17)30-26-18)23-11-14-7-9-27(10-8-14)12-15-5-3-4-6-16(15)22/h3-6,13-14H,2,7-12H2,1H3,(H,23,24,25). The zero-order valence-corrected chi connectivity index (χ0v) is 17.6. The highest BCUT2D eigenvalue weighted by Crippen LogP contribution is 2.26. The second-order valence-electron chi connectivity index (χ2n) is 7.35. The van der Waals surface area contributed by atoms with E-state index in [1.165, 1.54) is 6.33 Å². The molecule has 0 amide bonds. The molecule has 0 radical (unpaired) electrons. The molecule has 8 nitrogen and oxygen atoms in total. The molecule has 3 heterocycles. The van der Waals surface area contributed by atoms with Crippen molar-refractivity contribution < 1.29 is 14.1 Å². The van der Waals surface area contributed by atoms with Crippen LogP contribution in [0.15, 0.2) is 35.1 Å². The minimum absolute atomic E-state index is 0.101. The molecule has 1 aliphatic rings. The molecule has 30 heavy (non-hydrogen) atoms. The SMILES string of the molecule is CCOC(=O)c1noc2ncnc(NCC3CCN(Cc4ccccc4Cl)CC3)c12. The Hall–Kier alpha value is -2.71. The van der Waals surface area contributed by atoms with Gasteiger partial charge in [0.15, 0.2) is 0 Å². The number of aromatic nitrogens is 3. The summed E-state index contributed by atoms with van der Waals surface area (Å²) >= 11 is 6.29. The van der Waals surface area contributed by atoms with E-state index in [1.807, 2.05) is 18.2 Å². The summed E-state index contributed by atoms with van der Waals surface area (Å²) in [5, 5.41) is 8.46. The smallest absolute Gasteiger partial charge is 0.361 e. The van der Waals surface area contributed by atoms with Crippen LogP contribution in [0, 0.1) is 5.92 Å². The van der Waals surface area contributed by atoms with Gasteiger partial charge in [0.1, 0.15) is 17.5 Å². The number of piperidine rings is 1. The lowest BCUT2D eigenvalue weighted by Crippen LogP contribution is -2.35. The number of ether oxygens (including phenoxy) is 1. The zero-order chi connectivity index (χ0) is 20.9. The normalized spacial score (nSPS) is 15.4. The number of carbonyl (C=O) groups is 1. The summed E-state index contributed by atoms with van der Waals surface area (Å²) < 4.78 is 10.2. The molecule has 0 atom stereocenters. The fraction of sp³-hybridized carbons (Fsp3) is 0.429. The number of fused-ring (bicyclic) bond motifs is 1. The Balaban J connectivity index is 1.36. The summed E-state index contributed by atoms with van der Waals surface area (Å²) in [5.41, 5.74) is 1.53. The van der Waals surface area contributed by atoms with Crippen molar-refractivity contribution >= 4 is 34.5 Å². The first-order valence-corrected chi connectivity index (χ1v) is 10.5. The number of nitrogens with one attached hydrogen (secondary N) is 1. The number of halogens is 1. The van der Waals surface area contributed by atoms with Crippen LogP contribution < -0.4 is 5.32 Å². The van der Waals surface area contributed by atoms with E-state index in [0.717, 1.165) is 49.6 Å². The Bertz CT molecular complexity index is 1020. The van der Waals surface area contributed by atoms with Gasteiger partial charge in [-0.3, -0.25) is 4.90 Å². The van der Waals surface area contributed by atoms with E-state index in [-0.39, 0.29) is 18.0 Å². The van der Waals surface area contributed by atoms with Gasteiger partial charge in [-0.15, -0.1) is 0 Å². The van der Waals surface area contributed by atoms with Gasteiger partial charge in [-0.2, -0.15) is 4.98 Å². The number of benzene rings is 1. The first kappa shape index (κ1) is 20.6. The van der Waals surface area contributed by atoms with Crippen LogP contribution in [-0.4, -0.2) is 52.2 Å². The van der Waals surface area contributed by atoms with Gasteiger partial charge in [0.05, 0.1) is 6.61 Å². The molecule has 1 aliphatic heterocycles.